The maximum absolute atomic E-state index is 13.9. The molecule has 3 rings (SSSR count). The zero-order chi connectivity index (χ0) is 30.9. The highest BCUT2D eigenvalue weighted by molar-refractivity contribution is 7.92. The highest BCUT2D eigenvalue weighted by Gasteiger charge is 2.31. The van der Waals surface area contributed by atoms with Crippen LogP contribution in [-0.4, -0.2) is 50.0 Å². The van der Waals surface area contributed by atoms with Crippen LogP contribution in [0.3, 0.4) is 0 Å². The van der Waals surface area contributed by atoms with Crippen molar-refractivity contribution >= 4 is 39.1 Å². The molecule has 3 aromatic rings. The molecular formula is C33H42ClN3O4S. The minimum atomic E-state index is -3.57. The molecule has 2 amide bonds. The molecule has 42 heavy (non-hydrogen) atoms. The van der Waals surface area contributed by atoms with Gasteiger partial charge in [0.25, 0.3) is 0 Å². The van der Waals surface area contributed by atoms with Crippen LogP contribution in [0.5, 0.6) is 0 Å². The van der Waals surface area contributed by atoms with Crippen LogP contribution < -0.4 is 9.62 Å². The van der Waals surface area contributed by atoms with Crippen molar-refractivity contribution in [2.24, 2.45) is 0 Å². The minimum Gasteiger partial charge on any atom is -0.352 e. The van der Waals surface area contributed by atoms with Crippen molar-refractivity contribution in [1.29, 1.82) is 0 Å². The van der Waals surface area contributed by atoms with Crippen LogP contribution in [0.2, 0.25) is 5.02 Å². The van der Waals surface area contributed by atoms with Crippen LogP contribution in [0.4, 0.5) is 5.69 Å². The van der Waals surface area contributed by atoms with Crippen LogP contribution in [0.1, 0.15) is 55.4 Å². The van der Waals surface area contributed by atoms with Crippen LogP contribution in [0.25, 0.3) is 0 Å². The van der Waals surface area contributed by atoms with E-state index in [4.69, 9.17) is 11.6 Å². The Kier molecular flexibility index (Phi) is 12.0. The van der Waals surface area contributed by atoms with Crippen molar-refractivity contribution in [1.82, 2.24) is 10.2 Å². The fourth-order valence-corrected chi connectivity index (χ4v) is 5.75. The van der Waals surface area contributed by atoms with E-state index in [-0.39, 0.29) is 37.4 Å². The Balaban J connectivity index is 1.89. The standard InChI is InChI=1S/C33H42ClN3O4S/c1-6-26(4)35-33(39)31(22-27-11-8-7-9-12-27)36(23-28-15-17-29(34)18-16-28)32(38)13-10-20-37(42(5,40)41)30-19-14-24(2)25(3)21-30/h7-9,11-12,14-19,21,26,31H,6,10,13,20,22-23H2,1-5H3,(H,35,39)/t26-,31+/m0/s1. The number of anilines is 1. The molecule has 0 spiro atoms. The second kappa shape index (κ2) is 15.2. The molecule has 0 aromatic heterocycles. The molecule has 7 nitrogen and oxygen atoms in total. The molecule has 0 radical (unpaired) electrons. The van der Waals surface area contributed by atoms with E-state index in [1.54, 1.807) is 23.1 Å². The Morgan fingerprint density at radius 1 is 0.929 bits per heavy atom. The van der Waals surface area contributed by atoms with Gasteiger partial charge in [0.05, 0.1) is 11.9 Å². The number of sulfonamides is 1. The van der Waals surface area contributed by atoms with E-state index in [1.165, 1.54) is 10.6 Å². The van der Waals surface area contributed by atoms with Crippen LogP contribution in [-0.2, 0) is 32.6 Å². The number of carbonyl (C=O) groups is 2. The highest BCUT2D eigenvalue weighted by atomic mass is 35.5. The first-order valence-electron chi connectivity index (χ1n) is 14.3. The molecule has 2 atom stereocenters. The molecular weight excluding hydrogens is 570 g/mol. The lowest BCUT2D eigenvalue weighted by Crippen LogP contribution is -2.52. The lowest BCUT2D eigenvalue weighted by atomic mass is 10.0. The second-order valence-electron chi connectivity index (χ2n) is 10.9. The highest BCUT2D eigenvalue weighted by Crippen LogP contribution is 2.23. The second-order valence-corrected chi connectivity index (χ2v) is 13.2. The summed E-state index contributed by atoms with van der Waals surface area (Å²) in [7, 11) is -3.57. The smallest absolute Gasteiger partial charge is 0.243 e. The number of benzene rings is 3. The molecule has 0 unspecified atom stereocenters. The molecule has 9 heteroatoms. The van der Waals surface area contributed by atoms with E-state index in [0.717, 1.165) is 28.7 Å². The maximum Gasteiger partial charge on any atom is 0.243 e. The predicted octanol–water partition coefficient (Wildman–Crippen LogP) is 6.06. The number of hydrogen-bond donors (Lipinski definition) is 1. The quantitative estimate of drug-likeness (QED) is 0.240. The largest absolute Gasteiger partial charge is 0.352 e. The van der Waals surface area contributed by atoms with Crippen LogP contribution >= 0.6 is 11.6 Å². The fourth-order valence-electron chi connectivity index (χ4n) is 4.67. The van der Waals surface area contributed by atoms with Crippen molar-refractivity contribution in [3.8, 4) is 0 Å². The van der Waals surface area contributed by atoms with Crippen LogP contribution in [0, 0.1) is 13.8 Å². The number of amides is 2. The van der Waals surface area contributed by atoms with Crippen molar-refractivity contribution < 1.29 is 18.0 Å². The van der Waals surface area contributed by atoms with Gasteiger partial charge in [0.15, 0.2) is 0 Å². The van der Waals surface area contributed by atoms with E-state index >= 15 is 0 Å². The molecule has 0 saturated carbocycles. The Labute approximate surface area is 255 Å². The average molecular weight is 612 g/mol. The summed E-state index contributed by atoms with van der Waals surface area (Å²) in [5.41, 5.74) is 4.41. The topological polar surface area (TPSA) is 86.8 Å². The summed E-state index contributed by atoms with van der Waals surface area (Å²) < 4.78 is 26.8. The van der Waals surface area contributed by atoms with Gasteiger partial charge in [0.2, 0.25) is 21.8 Å². The first-order chi connectivity index (χ1) is 19.9. The number of nitrogens with zero attached hydrogens (tertiary/aromatic N) is 2. The average Bonchev–Trinajstić information content (AvgIpc) is 2.95. The third-order valence-corrected chi connectivity index (χ3v) is 8.91. The molecule has 0 saturated heterocycles. The van der Waals surface area contributed by atoms with Gasteiger partial charge in [-0.2, -0.15) is 0 Å². The Bertz CT molecular complexity index is 1450. The van der Waals surface area contributed by atoms with Gasteiger partial charge in [-0.05, 0) is 80.1 Å². The molecule has 0 aliphatic rings. The summed E-state index contributed by atoms with van der Waals surface area (Å²) >= 11 is 6.11. The van der Waals surface area contributed by atoms with Gasteiger partial charge in [-0.25, -0.2) is 8.42 Å². The van der Waals surface area contributed by atoms with Gasteiger partial charge >= 0.3 is 0 Å². The van der Waals surface area contributed by atoms with E-state index in [2.05, 4.69) is 5.32 Å². The van der Waals surface area contributed by atoms with Crippen molar-refractivity contribution in [3.05, 3.63) is 100 Å². The molecule has 226 valence electrons. The Morgan fingerprint density at radius 3 is 2.19 bits per heavy atom. The minimum absolute atomic E-state index is 0.0513. The molecule has 0 bridgehead atoms. The fraction of sp³-hybridized carbons (Fsp3) is 0.394. The molecule has 0 heterocycles. The number of halogens is 1. The van der Waals surface area contributed by atoms with E-state index in [9.17, 15) is 18.0 Å². The summed E-state index contributed by atoms with van der Waals surface area (Å²) in [6, 6.07) is 21.6. The SMILES string of the molecule is CC[C@H](C)NC(=O)[C@@H](Cc1ccccc1)N(Cc1ccc(Cl)cc1)C(=O)CCCN(c1ccc(C)c(C)c1)S(C)(=O)=O. The van der Waals surface area contributed by atoms with Gasteiger partial charge in [-0.1, -0.05) is 67.1 Å². The van der Waals surface area contributed by atoms with Gasteiger partial charge in [0, 0.05) is 37.0 Å². The summed E-state index contributed by atoms with van der Waals surface area (Å²) in [6.07, 6.45) is 2.65. The third kappa shape index (κ3) is 9.60. The van der Waals surface area contributed by atoms with Gasteiger partial charge < -0.3 is 10.2 Å². The van der Waals surface area contributed by atoms with Gasteiger partial charge in [-0.15, -0.1) is 0 Å². The zero-order valence-corrected chi connectivity index (χ0v) is 26.7. The van der Waals surface area contributed by atoms with E-state index < -0.39 is 16.1 Å². The van der Waals surface area contributed by atoms with E-state index in [1.807, 2.05) is 82.3 Å². The zero-order valence-electron chi connectivity index (χ0n) is 25.1. The lowest BCUT2D eigenvalue weighted by Gasteiger charge is -2.32. The molecule has 0 fully saturated rings. The van der Waals surface area contributed by atoms with Gasteiger partial charge in [-0.3, -0.25) is 13.9 Å². The molecule has 0 aliphatic carbocycles. The van der Waals surface area contributed by atoms with Crippen molar-refractivity contribution in [3.63, 3.8) is 0 Å². The monoisotopic (exact) mass is 611 g/mol. The first kappa shape index (κ1) is 33.1. The maximum atomic E-state index is 13.9. The summed E-state index contributed by atoms with van der Waals surface area (Å²) in [5, 5.41) is 3.65. The number of rotatable bonds is 14. The Morgan fingerprint density at radius 2 is 1.60 bits per heavy atom. The summed E-state index contributed by atoms with van der Waals surface area (Å²) in [5.74, 6) is -0.442. The van der Waals surface area contributed by atoms with Gasteiger partial charge in [0.1, 0.15) is 6.04 Å². The molecule has 3 aromatic carbocycles. The van der Waals surface area contributed by atoms with Crippen LogP contribution in [0.15, 0.2) is 72.8 Å². The normalized spacial score (nSPS) is 12.8. The predicted molar refractivity (Wildman–Crippen MR) is 171 cm³/mol. The number of hydrogen-bond acceptors (Lipinski definition) is 4. The van der Waals surface area contributed by atoms with Crippen molar-refractivity contribution in [2.45, 2.75) is 72.0 Å². The number of nitrogens with one attached hydrogen (secondary N) is 1. The van der Waals surface area contributed by atoms with E-state index in [0.29, 0.717) is 23.6 Å². The summed E-state index contributed by atoms with van der Waals surface area (Å²) in [6.45, 7) is 8.21. The molecule has 0 aliphatic heterocycles. The lowest BCUT2D eigenvalue weighted by molar-refractivity contribution is -0.141. The third-order valence-electron chi connectivity index (χ3n) is 7.47. The number of carbonyl (C=O) groups excluding carboxylic acids is 2. The number of aryl methyl sites for hydroxylation is 2. The Hall–Kier alpha value is -3.36. The first-order valence-corrected chi connectivity index (χ1v) is 16.5. The summed E-state index contributed by atoms with van der Waals surface area (Å²) in [4.78, 5) is 29.2. The van der Waals surface area contributed by atoms with Crippen molar-refractivity contribution in [2.75, 3.05) is 17.1 Å². The molecule has 1 N–H and O–H groups in total.